The van der Waals surface area contributed by atoms with Gasteiger partial charge in [-0.2, -0.15) is 0 Å². The van der Waals surface area contributed by atoms with E-state index in [-0.39, 0.29) is 0 Å². The van der Waals surface area contributed by atoms with Gasteiger partial charge >= 0.3 is 0 Å². The van der Waals surface area contributed by atoms with E-state index < -0.39 is 0 Å². The number of aromatic nitrogens is 1. The summed E-state index contributed by atoms with van der Waals surface area (Å²) >= 11 is 5.54. The second-order valence-corrected chi connectivity index (χ2v) is 3.76. The number of thiazole rings is 1. The monoisotopic (exact) mass is 194 g/mol. The van der Waals surface area contributed by atoms with Gasteiger partial charge in [0.1, 0.15) is 0 Å². The van der Waals surface area contributed by atoms with Gasteiger partial charge in [0.25, 0.3) is 6.29 Å². The Labute approximate surface area is 78.7 Å². The summed E-state index contributed by atoms with van der Waals surface area (Å²) < 4.78 is 0.973. The first-order chi connectivity index (χ1) is 5.81. The van der Waals surface area contributed by atoms with Crippen molar-refractivity contribution in [2.75, 3.05) is 0 Å². The summed E-state index contributed by atoms with van der Waals surface area (Å²) in [7, 11) is 0. The fourth-order valence-corrected chi connectivity index (χ4v) is 2.10. The Bertz CT molecular complexity index is 436. The van der Waals surface area contributed by atoms with Crippen molar-refractivity contribution in [1.29, 1.82) is 0 Å². The van der Waals surface area contributed by atoms with E-state index in [0.717, 1.165) is 15.1 Å². The predicted octanol–water partition coefficient (Wildman–Crippen LogP) is 2.04. The molecule has 0 fully saturated rings. The van der Waals surface area contributed by atoms with Gasteiger partial charge in [0.2, 0.25) is 0 Å². The van der Waals surface area contributed by atoms with Crippen molar-refractivity contribution in [3.63, 3.8) is 0 Å². The van der Waals surface area contributed by atoms with Crippen LogP contribution in [0, 0.1) is 0 Å². The summed E-state index contributed by atoms with van der Waals surface area (Å²) in [4.78, 5) is 15.1. The maximum absolute atomic E-state index is 10.3. The first kappa shape index (κ1) is 7.76. The molecule has 0 atom stereocenters. The van der Waals surface area contributed by atoms with E-state index in [0.29, 0.717) is 5.01 Å². The minimum absolute atomic E-state index is 0.381. The Morgan fingerprint density at radius 3 is 3.00 bits per heavy atom. The molecular formula is C8H4NOS2. The molecule has 0 spiro atoms. The minimum atomic E-state index is 0.381. The molecule has 59 valence electrons. The minimum Gasteiger partial charge on any atom is -0.282 e. The summed E-state index contributed by atoms with van der Waals surface area (Å²) in [6, 6.07) is 5.64. The molecule has 4 heteroatoms. The number of benzene rings is 1. The molecule has 0 bridgehead atoms. The van der Waals surface area contributed by atoms with E-state index in [4.69, 9.17) is 0 Å². The Balaban J connectivity index is 2.82. The van der Waals surface area contributed by atoms with Gasteiger partial charge in [-0.1, -0.05) is 6.07 Å². The molecule has 0 saturated carbocycles. The van der Waals surface area contributed by atoms with Crippen LogP contribution in [0.3, 0.4) is 0 Å². The van der Waals surface area contributed by atoms with E-state index in [1.54, 1.807) is 6.29 Å². The summed E-state index contributed by atoms with van der Waals surface area (Å²) in [5.74, 6) is 0. The van der Waals surface area contributed by atoms with Crippen molar-refractivity contribution in [3.8, 4) is 0 Å². The molecule has 0 aliphatic heterocycles. The molecule has 1 radical (unpaired) electrons. The SMILES string of the molecule is O=[C]c1nc2c(S)cccc2s1. The zero-order chi connectivity index (χ0) is 8.55. The third kappa shape index (κ3) is 1.13. The van der Waals surface area contributed by atoms with Crippen LogP contribution in [0.2, 0.25) is 0 Å². The van der Waals surface area contributed by atoms with Crippen LogP contribution in [-0.2, 0) is 4.79 Å². The summed E-state index contributed by atoms with van der Waals surface area (Å²) in [5.41, 5.74) is 0.782. The number of para-hydroxylation sites is 1. The lowest BCUT2D eigenvalue weighted by Crippen LogP contribution is -1.75. The molecule has 0 N–H and O–H groups in total. The Kier molecular flexibility index (Phi) is 1.86. The Morgan fingerprint density at radius 2 is 2.33 bits per heavy atom. The quantitative estimate of drug-likeness (QED) is 0.704. The maximum Gasteiger partial charge on any atom is 0.264 e. The Hall–Kier alpha value is -0.870. The second-order valence-electron chi connectivity index (χ2n) is 2.24. The van der Waals surface area contributed by atoms with E-state index >= 15 is 0 Å². The highest BCUT2D eigenvalue weighted by atomic mass is 32.1. The number of hydrogen-bond acceptors (Lipinski definition) is 4. The molecule has 1 aromatic carbocycles. The van der Waals surface area contributed by atoms with Crippen LogP contribution in [0.4, 0.5) is 0 Å². The number of hydrogen-bond donors (Lipinski definition) is 1. The average molecular weight is 194 g/mol. The molecule has 2 rings (SSSR count). The van der Waals surface area contributed by atoms with Crippen molar-refractivity contribution >= 4 is 40.5 Å². The largest absolute Gasteiger partial charge is 0.282 e. The topological polar surface area (TPSA) is 30.0 Å². The summed E-state index contributed by atoms with van der Waals surface area (Å²) in [6.07, 6.45) is 1.77. The molecule has 2 aromatic rings. The maximum atomic E-state index is 10.3. The van der Waals surface area contributed by atoms with E-state index in [2.05, 4.69) is 17.6 Å². The highest BCUT2D eigenvalue weighted by molar-refractivity contribution is 7.80. The fourth-order valence-electron chi connectivity index (χ4n) is 0.978. The Morgan fingerprint density at radius 1 is 1.50 bits per heavy atom. The first-order valence-corrected chi connectivity index (χ1v) is 4.54. The second kappa shape index (κ2) is 2.88. The molecule has 12 heavy (non-hydrogen) atoms. The van der Waals surface area contributed by atoms with Crippen LogP contribution < -0.4 is 0 Å². The average Bonchev–Trinajstić information content (AvgIpc) is 2.49. The molecule has 0 aliphatic rings. The van der Waals surface area contributed by atoms with Crippen LogP contribution in [0.15, 0.2) is 23.1 Å². The number of nitrogens with zero attached hydrogens (tertiary/aromatic N) is 1. The number of rotatable bonds is 1. The predicted molar refractivity (Wildman–Crippen MR) is 51.7 cm³/mol. The molecule has 0 unspecified atom stereocenters. The molecule has 0 saturated heterocycles. The molecule has 1 heterocycles. The lowest BCUT2D eigenvalue weighted by atomic mass is 10.3. The lowest BCUT2D eigenvalue weighted by Gasteiger charge is -1.89. The number of carbonyl (C=O) groups excluding carboxylic acids is 1. The molecule has 0 amide bonds. The van der Waals surface area contributed by atoms with Crippen molar-refractivity contribution in [2.24, 2.45) is 0 Å². The highest BCUT2D eigenvalue weighted by Crippen LogP contribution is 2.25. The van der Waals surface area contributed by atoms with Gasteiger partial charge in [-0.15, -0.1) is 24.0 Å². The van der Waals surface area contributed by atoms with Crippen LogP contribution in [-0.4, -0.2) is 11.3 Å². The van der Waals surface area contributed by atoms with Gasteiger partial charge in [0, 0.05) is 4.90 Å². The van der Waals surface area contributed by atoms with Crippen molar-refractivity contribution in [3.05, 3.63) is 23.2 Å². The van der Waals surface area contributed by atoms with Crippen LogP contribution in [0.1, 0.15) is 5.01 Å². The van der Waals surface area contributed by atoms with Gasteiger partial charge < -0.3 is 0 Å². The van der Waals surface area contributed by atoms with Crippen molar-refractivity contribution in [2.45, 2.75) is 4.90 Å². The molecule has 1 aromatic heterocycles. The van der Waals surface area contributed by atoms with Crippen molar-refractivity contribution in [1.82, 2.24) is 4.98 Å². The third-order valence-corrected chi connectivity index (χ3v) is 2.76. The van der Waals surface area contributed by atoms with Crippen molar-refractivity contribution < 1.29 is 4.79 Å². The lowest BCUT2D eigenvalue weighted by molar-refractivity contribution is 0.562. The number of fused-ring (bicyclic) bond motifs is 1. The van der Waals surface area contributed by atoms with Gasteiger partial charge in [0.15, 0.2) is 5.01 Å². The van der Waals surface area contributed by atoms with Crippen LogP contribution in [0.25, 0.3) is 10.2 Å². The zero-order valence-corrected chi connectivity index (χ0v) is 7.65. The van der Waals surface area contributed by atoms with E-state index in [1.165, 1.54) is 11.3 Å². The van der Waals surface area contributed by atoms with E-state index in [1.807, 2.05) is 18.2 Å². The van der Waals surface area contributed by atoms with Gasteiger partial charge in [0.05, 0.1) is 10.2 Å². The fraction of sp³-hybridized carbons (Fsp3) is 0. The summed E-state index contributed by atoms with van der Waals surface area (Å²) in [5, 5.41) is 0.381. The van der Waals surface area contributed by atoms with Gasteiger partial charge in [-0.05, 0) is 12.1 Å². The molecule has 2 nitrogen and oxygen atoms in total. The van der Waals surface area contributed by atoms with Crippen LogP contribution >= 0.6 is 24.0 Å². The number of thiol groups is 1. The molecule has 0 aliphatic carbocycles. The first-order valence-electron chi connectivity index (χ1n) is 3.28. The standard InChI is InChI=1S/C8H4NOS2/c10-4-7-9-8-5(11)2-1-3-6(8)12-7/h1-3,11H. The third-order valence-electron chi connectivity index (χ3n) is 1.48. The van der Waals surface area contributed by atoms with E-state index in [9.17, 15) is 4.79 Å². The van der Waals surface area contributed by atoms with Gasteiger partial charge in [-0.25, -0.2) is 4.98 Å². The van der Waals surface area contributed by atoms with Gasteiger partial charge in [-0.3, -0.25) is 4.79 Å². The zero-order valence-electron chi connectivity index (χ0n) is 5.94. The molecular weight excluding hydrogens is 190 g/mol. The normalized spacial score (nSPS) is 10.4. The highest BCUT2D eigenvalue weighted by Gasteiger charge is 2.04. The van der Waals surface area contributed by atoms with Crippen LogP contribution in [0.5, 0.6) is 0 Å². The summed E-state index contributed by atoms with van der Waals surface area (Å²) in [6.45, 7) is 0. The smallest absolute Gasteiger partial charge is 0.264 e.